The number of ether oxygens (including phenoxy) is 3. The van der Waals surface area contributed by atoms with E-state index in [0.29, 0.717) is 17.9 Å². The van der Waals surface area contributed by atoms with Crippen LogP contribution in [0, 0.1) is 0 Å². The lowest BCUT2D eigenvalue weighted by molar-refractivity contribution is -0.134. The lowest BCUT2D eigenvalue weighted by Crippen LogP contribution is -2.18. The topological polar surface area (TPSA) is 57.1 Å². The van der Waals surface area contributed by atoms with Gasteiger partial charge in [-0.15, -0.1) is 0 Å². The Morgan fingerprint density at radius 2 is 1.54 bits per heavy atom. The SMILES string of the molecule is CCOC(=O)C(=Nc1ccc(OC)cc1)c1ccc(OCC)cc1. The average molecular weight is 327 g/mol. The molecule has 5 heteroatoms. The molecule has 0 spiro atoms. The van der Waals surface area contributed by atoms with Crippen LogP contribution in [-0.2, 0) is 9.53 Å². The van der Waals surface area contributed by atoms with Gasteiger partial charge >= 0.3 is 5.97 Å². The number of nitrogens with zero attached hydrogens (tertiary/aromatic N) is 1. The maximum atomic E-state index is 12.3. The van der Waals surface area contributed by atoms with Gasteiger partial charge in [0, 0.05) is 5.56 Å². The number of rotatable bonds is 7. The van der Waals surface area contributed by atoms with Crippen molar-refractivity contribution in [1.29, 1.82) is 0 Å². The van der Waals surface area contributed by atoms with E-state index in [1.165, 1.54) is 0 Å². The summed E-state index contributed by atoms with van der Waals surface area (Å²) in [6.07, 6.45) is 0. The second-order valence-corrected chi connectivity index (χ2v) is 4.84. The summed E-state index contributed by atoms with van der Waals surface area (Å²) in [5, 5.41) is 0. The highest BCUT2D eigenvalue weighted by molar-refractivity contribution is 6.43. The molecule has 0 aromatic heterocycles. The van der Waals surface area contributed by atoms with Crippen LogP contribution in [0.1, 0.15) is 19.4 Å². The lowest BCUT2D eigenvalue weighted by Gasteiger charge is -2.08. The molecule has 0 fully saturated rings. The molecule has 0 radical (unpaired) electrons. The van der Waals surface area contributed by atoms with Gasteiger partial charge in [-0.1, -0.05) is 0 Å². The number of carbonyl (C=O) groups is 1. The van der Waals surface area contributed by atoms with Gasteiger partial charge in [0.25, 0.3) is 0 Å². The van der Waals surface area contributed by atoms with Crippen molar-refractivity contribution in [2.24, 2.45) is 4.99 Å². The monoisotopic (exact) mass is 327 g/mol. The van der Waals surface area contributed by atoms with Crippen molar-refractivity contribution in [2.75, 3.05) is 20.3 Å². The maximum Gasteiger partial charge on any atom is 0.357 e. The van der Waals surface area contributed by atoms with Gasteiger partial charge < -0.3 is 14.2 Å². The van der Waals surface area contributed by atoms with Crippen LogP contribution in [0.25, 0.3) is 0 Å². The fourth-order valence-electron chi connectivity index (χ4n) is 2.09. The molecule has 0 heterocycles. The molecule has 0 saturated heterocycles. The third-order valence-corrected chi connectivity index (χ3v) is 3.22. The maximum absolute atomic E-state index is 12.3. The first kappa shape index (κ1) is 17.5. The number of esters is 1. The molecular formula is C19H21NO4. The molecule has 0 saturated carbocycles. The Bertz CT molecular complexity index is 690. The van der Waals surface area contributed by atoms with Gasteiger partial charge in [0.2, 0.25) is 0 Å². The normalized spacial score (nSPS) is 11.0. The van der Waals surface area contributed by atoms with E-state index >= 15 is 0 Å². The van der Waals surface area contributed by atoms with E-state index in [1.807, 2.05) is 19.1 Å². The number of aliphatic imine (C=N–C) groups is 1. The lowest BCUT2D eigenvalue weighted by atomic mass is 10.1. The van der Waals surface area contributed by atoms with E-state index in [-0.39, 0.29) is 12.3 Å². The van der Waals surface area contributed by atoms with Crippen LogP contribution >= 0.6 is 0 Å². The summed E-state index contributed by atoms with van der Waals surface area (Å²) in [6, 6.07) is 14.4. The minimum Gasteiger partial charge on any atom is -0.497 e. The largest absolute Gasteiger partial charge is 0.497 e. The molecule has 0 atom stereocenters. The molecule has 0 unspecified atom stereocenters. The summed E-state index contributed by atoms with van der Waals surface area (Å²) in [6.45, 7) is 4.56. The van der Waals surface area contributed by atoms with Crippen molar-refractivity contribution in [1.82, 2.24) is 0 Å². The second kappa shape index (κ2) is 8.72. The summed E-state index contributed by atoms with van der Waals surface area (Å²) >= 11 is 0. The first-order valence-corrected chi connectivity index (χ1v) is 7.81. The van der Waals surface area contributed by atoms with E-state index < -0.39 is 5.97 Å². The number of hydrogen-bond donors (Lipinski definition) is 0. The average Bonchev–Trinajstić information content (AvgIpc) is 2.61. The van der Waals surface area contributed by atoms with Crippen molar-refractivity contribution in [3.63, 3.8) is 0 Å². The fourth-order valence-corrected chi connectivity index (χ4v) is 2.09. The van der Waals surface area contributed by atoms with Crippen molar-refractivity contribution in [3.05, 3.63) is 54.1 Å². The molecule has 5 nitrogen and oxygen atoms in total. The zero-order chi connectivity index (χ0) is 17.4. The van der Waals surface area contributed by atoms with Crippen LogP contribution in [-0.4, -0.2) is 32.0 Å². The Hall–Kier alpha value is -2.82. The van der Waals surface area contributed by atoms with Crippen molar-refractivity contribution < 1.29 is 19.0 Å². The molecule has 2 aromatic rings. The van der Waals surface area contributed by atoms with Gasteiger partial charge in [-0.25, -0.2) is 9.79 Å². The summed E-state index contributed by atoms with van der Waals surface area (Å²) < 4.78 is 15.7. The van der Waals surface area contributed by atoms with Crippen molar-refractivity contribution in [3.8, 4) is 11.5 Å². The first-order valence-electron chi connectivity index (χ1n) is 7.81. The Kier molecular flexibility index (Phi) is 6.37. The third-order valence-electron chi connectivity index (χ3n) is 3.22. The summed E-state index contributed by atoms with van der Waals surface area (Å²) in [5.41, 5.74) is 1.57. The Balaban J connectivity index is 2.35. The molecule has 0 aliphatic rings. The van der Waals surface area contributed by atoms with E-state index in [2.05, 4.69) is 4.99 Å². The van der Waals surface area contributed by atoms with E-state index in [9.17, 15) is 4.79 Å². The predicted octanol–water partition coefficient (Wildman–Crippen LogP) is 3.78. The van der Waals surface area contributed by atoms with Crippen molar-refractivity contribution in [2.45, 2.75) is 13.8 Å². The quantitative estimate of drug-likeness (QED) is 0.574. The van der Waals surface area contributed by atoms with Crippen molar-refractivity contribution >= 4 is 17.4 Å². The van der Waals surface area contributed by atoms with E-state index in [0.717, 1.165) is 11.5 Å². The summed E-state index contributed by atoms with van der Waals surface area (Å²) in [4.78, 5) is 16.7. The van der Waals surface area contributed by atoms with Crippen LogP contribution in [0.15, 0.2) is 53.5 Å². The highest BCUT2D eigenvalue weighted by Gasteiger charge is 2.16. The van der Waals surface area contributed by atoms with Crippen LogP contribution < -0.4 is 9.47 Å². The van der Waals surface area contributed by atoms with Gasteiger partial charge in [-0.2, -0.15) is 0 Å². The highest BCUT2D eigenvalue weighted by Crippen LogP contribution is 2.20. The smallest absolute Gasteiger partial charge is 0.357 e. The molecule has 0 amide bonds. The van der Waals surface area contributed by atoms with E-state index in [1.54, 1.807) is 50.4 Å². The van der Waals surface area contributed by atoms with Gasteiger partial charge in [0.1, 0.15) is 11.5 Å². The highest BCUT2D eigenvalue weighted by atomic mass is 16.5. The predicted molar refractivity (Wildman–Crippen MR) is 93.4 cm³/mol. The number of methoxy groups -OCH3 is 1. The summed E-state index contributed by atoms with van der Waals surface area (Å²) in [5.74, 6) is 1.01. The minimum absolute atomic E-state index is 0.255. The molecule has 0 aliphatic carbocycles. The van der Waals surface area contributed by atoms with Crippen LogP contribution in [0.3, 0.4) is 0 Å². The molecule has 0 aliphatic heterocycles. The molecule has 2 aromatic carbocycles. The number of carbonyl (C=O) groups excluding carboxylic acids is 1. The molecule has 2 rings (SSSR count). The Morgan fingerprint density at radius 3 is 2.08 bits per heavy atom. The molecule has 0 N–H and O–H groups in total. The van der Waals surface area contributed by atoms with Gasteiger partial charge in [-0.05, 0) is 62.4 Å². The molecule has 24 heavy (non-hydrogen) atoms. The standard InChI is InChI=1S/C19H21NO4/c1-4-23-17-10-6-14(7-11-17)18(19(21)24-5-2)20-15-8-12-16(22-3)13-9-15/h6-13H,4-5H2,1-3H3. The van der Waals surface area contributed by atoms with Crippen LogP contribution in [0.5, 0.6) is 11.5 Å². The number of hydrogen-bond acceptors (Lipinski definition) is 5. The molecule has 0 bridgehead atoms. The minimum atomic E-state index is -0.461. The van der Waals surface area contributed by atoms with Crippen LogP contribution in [0.2, 0.25) is 0 Å². The molecule has 126 valence electrons. The Morgan fingerprint density at radius 1 is 0.917 bits per heavy atom. The van der Waals surface area contributed by atoms with Gasteiger partial charge in [-0.3, -0.25) is 0 Å². The van der Waals surface area contributed by atoms with E-state index in [4.69, 9.17) is 14.2 Å². The summed E-state index contributed by atoms with van der Waals surface area (Å²) in [7, 11) is 1.60. The fraction of sp³-hybridized carbons (Fsp3) is 0.263. The first-order chi connectivity index (χ1) is 11.7. The zero-order valence-corrected chi connectivity index (χ0v) is 14.1. The van der Waals surface area contributed by atoms with Gasteiger partial charge in [0.05, 0.1) is 26.0 Å². The Labute approximate surface area is 141 Å². The zero-order valence-electron chi connectivity index (χ0n) is 14.1. The molecular weight excluding hydrogens is 306 g/mol. The number of benzene rings is 2. The second-order valence-electron chi connectivity index (χ2n) is 4.84. The third kappa shape index (κ3) is 4.59. The van der Waals surface area contributed by atoms with Crippen LogP contribution in [0.4, 0.5) is 5.69 Å². The van der Waals surface area contributed by atoms with Gasteiger partial charge in [0.15, 0.2) is 5.71 Å².